The van der Waals surface area contributed by atoms with E-state index in [0.29, 0.717) is 28.0 Å². The highest BCUT2D eigenvalue weighted by Gasteiger charge is 2.26. The number of benzene rings is 2. The molecule has 38 heavy (non-hydrogen) atoms. The largest absolute Gasteiger partial charge is 0.484 e. The second-order valence-electron chi connectivity index (χ2n) is 8.05. The number of rotatable bonds is 8. The molecule has 192 valence electrons. The van der Waals surface area contributed by atoms with Gasteiger partial charge in [0.15, 0.2) is 5.76 Å². The standard InChI is InChI=1S/C27H18BrF2N3O4S/c28-17-8-4-5-9-19(17)36-13-15-10-11-20(37-15)26(35)33-22-21-16(14-6-2-1-3-7-14)12-18(24(29)30)32-27(21)38-23(22)25(31)34/h1-12,24H,13H2,(H2,31,34)(H,33,35). The van der Waals surface area contributed by atoms with Crippen LogP contribution in [0.2, 0.25) is 0 Å². The van der Waals surface area contributed by atoms with E-state index in [1.54, 1.807) is 42.5 Å². The van der Waals surface area contributed by atoms with Crippen LogP contribution in [0.4, 0.5) is 14.5 Å². The number of pyridine rings is 1. The van der Waals surface area contributed by atoms with Crippen molar-refractivity contribution in [3.8, 4) is 16.9 Å². The maximum absolute atomic E-state index is 13.6. The minimum atomic E-state index is -2.83. The summed E-state index contributed by atoms with van der Waals surface area (Å²) in [6.45, 7) is 0.0717. The fraction of sp³-hybridized carbons (Fsp3) is 0.0741. The number of anilines is 1. The molecule has 0 unspecified atom stereocenters. The van der Waals surface area contributed by atoms with Crippen molar-refractivity contribution in [1.82, 2.24) is 4.98 Å². The monoisotopic (exact) mass is 597 g/mol. The maximum atomic E-state index is 13.6. The van der Waals surface area contributed by atoms with E-state index in [0.717, 1.165) is 15.8 Å². The summed E-state index contributed by atoms with van der Waals surface area (Å²) in [6, 6.07) is 20.4. The predicted molar refractivity (Wildman–Crippen MR) is 144 cm³/mol. The van der Waals surface area contributed by atoms with Gasteiger partial charge in [0.05, 0.1) is 10.2 Å². The van der Waals surface area contributed by atoms with Crippen LogP contribution in [0, 0.1) is 0 Å². The number of primary amides is 1. The molecule has 0 fully saturated rings. The van der Waals surface area contributed by atoms with E-state index in [1.165, 1.54) is 12.1 Å². The minimum absolute atomic E-state index is 0.0199. The molecule has 3 N–H and O–H groups in total. The van der Waals surface area contributed by atoms with Gasteiger partial charge in [-0.3, -0.25) is 9.59 Å². The molecule has 2 amide bonds. The van der Waals surface area contributed by atoms with Gasteiger partial charge in [0.1, 0.15) is 33.5 Å². The molecule has 3 aromatic heterocycles. The first-order valence-electron chi connectivity index (χ1n) is 11.2. The van der Waals surface area contributed by atoms with E-state index in [1.807, 2.05) is 18.2 Å². The van der Waals surface area contributed by atoms with Gasteiger partial charge in [0.2, 0.25) is 0 Å². The highest BCUT2D eigenvalue weighted by atomic mass is 79.9. The normalized spacial score (nSPS) is 11.2. The van der Waals surface area contributed by atoms with Gasteiger partial charge in [-0.25, -0.2) is 13.8 Å². The molecule has 7 nitrogen and oxygen atoms in total. The molecule has 0 aliphatic rings. The number of halogens is 3. The van der Waals surface area contributed by atoms with Gasteiger partial charge in [0.25, 0.3) is 18.2 Å². The smallest absolute Gasteiger partial charge is 0.291 e. The summed E-state index contributed by atoms with van der Waals surface area (Å²) in [5, 5.41) is 3.02. The summed E-state index contributed by atoms with van der Waals surface area (Å²) < 4.78 is 39.4. The molecule has 0 saturated heterocycles. The quantitative estimate of drug-likeness (QED) is 0.197. The summed E-state index contributed by atoms with van der Waals surface area (Å²) in [5.74, 6) is -0.526. The Kier molecular flexibility index (Phi) is 7.21. The molecule has 0 saturated carbocycles. The summed E-state index contributed by atoms with van der Waals surface area (Å²) in [4.78, 5) is 29.6. The van der Waals surface area contributed by atoms with Crippen LogP contribution in [0.25, 0.3) is 21.3 Å². The van der Waals surface area contributed by atoms with Gasteiger partial charge in [-0.15, -0.1) is 11.3 Å². The molecule has 3 heterocycles. The lowest BCUT2D eigenvalue weighted by Gasteiger charge is -2.10. The molecule has 0 atom stereocenters. The number of hydrogen-bond donors (Lipinski definition) is 2. The van der Waals surface area contributed by atoms with Gasteiger partial charge in [-0.1, -0.05) is 42.5 Å². The van der Waals surface area contributed by atoms with Crippen molar-refractivity contribution in [3.05, 3.63) is 99.4 Å². The topological polar surface area (TPSA) is 107 Å². The molecular formula is C27H18BrF2N3O4S. The van der Waals surface area contributed by atoms with E-state index >= 15 is 0 Å². The number of amides is 2. The Hall–Kier alpha value is -4.09. The number of furan rings is 1. The number of carbonyl (C=O) groups is 2. The average Bonchev–Trinajstić information content (AvgIpc) is 3.53. The van der Waals surface area contributed by atoms with Crippen LogP contribution in [0.5, 0.6) is 5.75 Å². The van der Waals surface area contributed by atoms with E-state index in [9.17, 15) is 18.4 Å². The molecule has 11 heteroatoms. The summed E-state index contributed by atoms with van der Waals surface area (Å²) >= 11 is 4.23. The van der Waals surface area contributed by atoms with E-state index in [2.05, 4.69) is 26.2 Å². The van der Waals surface area contributed by atoms with Crippen molar-refractivity contribution in [2.75, 3.05) is 5.32 Å². The van der Waals surface area contributed by atoms with Crippen molar-refractivity contribution in [1.29, 1.82) is 0 Å². The Bertz CT molecular complexity index is 1650. The van der Waals surface area contributed by atoms with Crippen LogP contribution in [0.1, 0.15) is 38.1 Å². The second-order valence-corrected chi connectivity index (χ2v) is 9.90. The van der Waals surface area contributed by atoms with Gasteiger partial charge in [-0.2, -0.15) is 0 Å². The van der Waals surface area contributed by atoms with Crippen LogP contribution < -0.4 is 15.8 Å². The first-order chi connectivity index (χ1) is 18.3. The molecule has 0 radical (unpaired) electrons. The Morgan fingerprint density at radius 3 is 2.53 bits per heavy atom. The molecule has 0 aliphatic carbocycles. The third-order valence-electron chi connectivity index (χ3n) is 5.54. The first kappa shape index (κ1) is 25.6. The SMILES string of the molecule is NC(=O)c1sc2nc(C(F)F)cc(-c3ccccc3)c2c1NC(=O)c1ccc(COc2ccccc2Br)o1. The van der Waals surface area contributed by atoms with Crippen molar-refractivity contribution in [2.24, 2.45) is 5.73 Å². The van der Waals surface area contributed by atoms with Gasteiger partial charge in [0, 0.05) is 5.39 Å². The Morgan fingerprint density at radius 2 is 1.82 bits per heavy atom. The van der Waals surface area contributed by atoms with Gasteiger partial charge >= 0.3 is 0 Å². The van der Waals surface area contributed by atoms with Crippen molar-refractivity contribution in [2.45, 2.75) is 13.0 Å². The lowest BCUT2D eigenvalue weighted by molar-refractivity contribution is 0.0992. The lowest BCUT2D eigenvalue weighted by atomic mass is 10.0. The number of aromatic nitrogens is 1. The lowest BCUT2D eigenvalue weighted by Crippen LogP contribution is -2.16. The van der Waals surface area contributed by atoms with E-state index in [-0.39, 0.29) is 27.8 Å². The first-order valence-corrected chi connectivity index (χ1v) is 12.8. The number of carbonyl (C=O) groups excluding carboxylic acids is 2. The number of nitrogens with one attached hydrogen (secondary N) is 1. The Morgan fingerprint density at radius 1 is 1.08 bits per heavy atom. The number of para-hydroxylation sites is 1. The van der Waals surface area contributed by atoms with Crippen molar-refractivity contribution >= 4 is 55.0 Å². The zero-order valence-corrected chi connectivity index (χ0v) is 21.8. The highest BCUT2D eigenvalue weighted by molar-refractivity contribution is 9.10. The van der Waals surface area contributed by atoms with Crippen LogP contribution in [-0.2, 0) is 6.61 Å². The third-order valence-corrected chi connectivity index (χ3v) is 7.30. The fourth-order valence-electron chi connectivity index (χ4n) is 3.83. The number of ether oxygens (including phenoxy) is 1. The van der Waals surface area contributed by atoms with Crippen LogP contribution in [0.15, 0.2) is 81.7 Å². The molecular weight excluding hydrogens is 580 g/mol. The predicted octanol–water partition coefficient (Wildman–Crippen LogP) is 7.19. The Balaban J connectivity index is 1.50. The summed E-state index contributed by atoms with van der Waals surface area (Å²) in [5.41, 5.74) is 6.21. The number of nitrogens with two attached hydrogens (primary N) is 1. The van der Waals surface area contributed by atoms with Crippen LogP contribution >= 0.6 is 27.3 Å². The minimum Gasteiger partial charge on any atom is -0.484 e. The number of alkyl halides is 2. The van der Waals surface area contributed by atoms with Crippen molar-refractivity contribution < 1.29 is 27.5 Å². The average molecular weight is 598 g/mol. The Labute approximate surface area is 227 Å². The molecule has 0 spiro atoms. The number of hydrogen-bond acceptors (Lipinski definition) is 6. The molecule has 0 bridgehead atoms. The zero-order chi connectivity index (χ0) is 26.8. The third kappa shape index (κ3) is 5.15. The van der Waals surface area contributed by atoms with E-state index < -0.39 is 23.9 Å². The van der Waals surface area contributed by atoms with Crippen LogP contribution in [0.3, 0.4) is 0 Å². The van der Waals surface area contributed by atoms with Gasteiger partial charge < -0.3 is 20.2 Å². The zero-order valence-electron chi connectivity index (χ0n) is 19.4. The maximum Gasteiger partial charge on any atom is 0.291 e. The fourth-order valence-corrected chi connectivity index (χ4v) is 5.24. The summed E-state index contributed by atoms with van der Waals surface area (Å²) in [7, 11) is 0. The summed E-state index contributed by atoms with van der Waals surface area (Å²) in [6.07, 6.45) is -2.83. The van der Waals surface area contributed by atoms with Gasteiger partial charge in [-0.05, 0) is 57.4 Å². The number of thiophene rings is 1. The molecule has 0 aliphatic heterocycles. The molecule has 2 aromatic carbocycles. The number of fused-ring (bicyclic) bond motifs is 1. The van der Waals surface area contributed by atoms with Crippen LogP contribution in [-0.4, -0.2) is 16.8 Å². The molecule has 5 rings (SSSR count). The highest BCUT2D eigenvalue weighted by Crippen LogP contribution is 2.42. The van der Waals surface area contributed by atoms with E-state index in [4.69, 9.17) is 14.9 Å². The number of nitrogens with zero attached hydrogens (tertiary/aromatic N) is 1. The molecule has 5 aromatic rings. The van der Waals surface area contributed by atoms with Crippen molar-refractivity contribution in [3.63, 3.8) is 0 Å². The second kappa shape index (κ2) is 10.7.